The summed E-state index contributed by atoms with van der Waals surface area (Å²) in [6, 6.07) is 6.09. The summed E-state index contributed by atoms with van der Waals surface area (Å²) >= 11 is 0. The molecule has 0 bridgehead atoms. The Morgan fingerprint density at radius 3 is 3.05 bits per heavy atom. The molecule has 0 saturated heterocycles. The molecular weight excluding hydrogens is 271 g/mol. The molecule has 5 heteroatoms. The Hall–Kier alpha value is -1.62. The molecule has 116 valence electrons. The molecule has 4 nitrogen and oxygen atoms in total. The first-order chi connectivity index (χ1) is 10.1. The standard InChI is InChI=1S/C16H23FN2O2/c1-2-19-16(15(18)20)9-4-5-12(16)8-10-21-14-7-3-6-13(17)11-14/h3,6-7,11-12,19H,2,4-5,8-10H2,1H3,(H2,18,20). The van der Waals surface area contributed by atoms with Crippen LogP contribution in [0.2, 0.25) is 0 Å². The zero-order chi connectivity index (χ0) is 15.3. The number of likely N-dealkylation sites (N-methyl/N-ethyl adjacent to an activating group) is 1. The molecule has 0 radical (unpaired) electrons. The van der Waals surface area contributed by atoms with Crippen molar-refractivity contribution in [3.05, 3.63) is 30.1 Å². The van der Waals surface area contributed by atoms with E-state index in [9.17, 15) is 9.18 Å². The molecule has 2 rings (SSSR count). The summed E-state index contributed by atoms with van der Waals surface area (Å²) in [4.78, 5) is 11.9. The zero-order valence-corrected chi connectivity index (χ0v) is 12.4. The van der Waals surface area contributed by atoms with Crippen molar-refractivity contribution in [3.8, 4) is 5.75 Å². The number of nitrogens with two attached hydrogens (primary N) is 1. The molecule has 1 aromatic carbocycles. The quantitative estimate of drug-likeness (QED) is 0.810. The summed E-state index contributed by atoms with van der Waals surface area (Å²) in [7, 11) is 0. The van der Waals surface area contributed by atoms with Crippen LogP contribution in [0.15, 0.2) is 24.3 Å². The van der Waals surface area contributed by atoms with Crippen molar-refractivity contribution in [3.63, 3.8) is 0 Å². The number of hydrogen-bond acceptors (Lipinski definition) is 3. The van der Waals surface area contributed by atoms with Gasteiger partial charge >= 0.3 is 0 Å². The van der Waals surface area contributed by atoms with E-state index in [2.05, 4.69) is 5.32 Å². The fourth-order valence-electron chi connectivity index (χ4n) is 3.30. The molecular formula is C16H23FN2O2. The lowest BCUT2D eigenvalue weighted by Gasteiger charge is -2.33. The number of carbonyl (C=O) groups is 1. The highest BCUT2D eigenvalue weighted by Crippen LogP contribution is 2.37. The van der Waals surface area contributed by atoms with Gasteiger partial charge in [-0.1, -0.05) is 19.4 Å². The fourth-order valence-corrected chi connectivity index (χ4v) is 3.30. The van der Waals surface area contributed by atoms with Crippen molar-refractivity contribution in [1.29, 1.82) is 0 Å². The van der Waals surface area contributed by atoms with Gasteiger partial charge in [0.2, 0.25) is 5.91 Å². The number of carbonyl (C=O) groups excluding carboxylic acids is 1. The van der Waals surface area contributed by atoms with Gasteiger partial charge in [0.1, 0.15) is 17.1 Å². The molecule has 2 unspecified atom stereocenters. The van der Waals surface area contributed by atoms with Crippen LogP contribution in [-0.4, -0.2) is 24.6 Å². The Labute approximate surface area is 124 Å². The fraction of sp³-hybridized carbons (Fsp3) is 0.562. The minimum Gasteiger partial charge on any atom is -0.493 e. The maximum Gasteiger partial charge on any atom is 0.238 e. The van der Waals surface area contributed by atoms with Crippen molar-refractivity contribution in [2.45, 2.75) is 38.1 Å². The number of halogens is 1. The van der Waals surface area contributed by atoms with Gasteiger partial charge in [0, 0.05) is 6.07 Å². The van der Waals surface area contributed by atoms with Gasteiger partial charge in [0.25, 0.3) is 0 Å². The van der Waals surface area contributed by atoms with E-state index in [1.165, 1.54) is 12.1 Å². The van der Waals surface area contributed by atoms with Gasteiger partial charge in [-0.05, 0) is 43.9 Å². The number of nitrogens with one attached hydrogen (secondary N) is 1. The van der Waals surface area contributed by atoms with Crippen molar-refractivity contribution in [1.82, 2.24) is 5.32 Å². The topological polar surface area (TPSA) is 64.3 Å². The second-order valence-corrected chi connectivity index (χ2v) is 5.55. The van der Waals surface area contributed by atoms with E-state index < -0.39 is 5.54 Å². The summed E-state index contributed by atoms with van der Waals surface area (Å²) in [5, 5.41) is 3.28. The van der Waals surface area contributed by atoms with Crippen LogP contribution in [0.1, 0.15) is 32.6 Å². The van der Waals surface area contributed by atoms with Gasteiger partial charge in [0.05, 0.1) is 6.61 Å². The summed E-state index contributed by atoms with van der Waals surface area (Å²) in [5.41, 5.74) is 5.01. The molecule has 0 aromatic heterocycles. The minimum atomic E-state index is -0.611. The number of hydrogen-bond donors (Lipinski definition) is 2. The molecule has 3 N–H and O–H groups in total. The average molecular weight is 294 g/mol. The summed E-state index contributed by atoms with van der Waals surface area (Å²) in [6.45, 7) is 3.14. The van der Waals surface area contributed by atoms with E-state index in [-0.39, 0.29) is 17.6 Å². The van der Waals surface area contributed by atoms with E-state index in [0.717, 1.165) is 25.7 Å². The second kappa shape index (κ2) is 6.89. The number of benzene rings is 1. The lowest BCUT2D eigenvalue weighted by molar-refractivity contribution is -0.126. The van der Waals surface area contributed by atoms with E-state index >= 15 is 0 Å². The Bertz CT molecular complexity index is 495. The Morgan fingerprint density at radius 2 is 2.38 bits per heavy atom. The number of primary amides is 1. The third-order valence-corrected chi connectivity index (χ3v) is 4.28. The largest absolute Gasteiger partial charge is 0.493 e. The molecule has 0 aliphatic heterocycles. The van der Waals surface area contributed by atoms with Gasteiger partial charge < -0.3 is 15.8 Å². The molecule has 0 heterocycles. The highest BCUT2D eigenvalue weighted by Gasteiger charge is 2.46. The van der Waals surface area contributed by atoms with Crippen molar-refractivity contribution in [2.24, 2.45) is 11.7 Å². The van der Waals surface area contributed by atoms with Crippen molar-refractivity contribution in [2.75, 3.05) is 13.2 Å². The van der Waals surface area contributed by atoms with Crippen LogP contribution in [0.5, 0.6) is 5.75 Å². The van der Waals surface area contributed by atoms with Crippen molar-refractivity contribution < 1.29 is 13.9 Å². The lowest BCUT2D eigenvalue weighted by Crippen LogP contribution is -2.58. The van der Waals surface area contributed by atoms with Crippen LogP contribution in [0.25, 0.3) is 0 Å². The average Bonchev–Trinajstić information content (AvgIpc) is 2.84. The molecule has 2 atom stereocenters. The normalized spacial score (nSPS) is 25.0. The highest BCUT2D eigenvalue weighted by molar-refractivity contribution is 5.85. The molecule has 1 fully saturated rings. The van der Waals surface area contributed by atoms with E-state index in [0.29, 0.717) is 18.9 Å². The van der Waals surface area contributed by atoms with Gasteiger partial charge in [0.15, 0.2) is 0 Å². The highest BCUT2D eigenvalue weighted by atomic mass is 19.1. The van der Waals surface area contributed by atoms with Gasteiger partial charge in [-0.15, -0.1) is 0 Å². The van der Waals surface area contributed by atoms with Crippen LogP contribution in [0.4, 0.5) is 4.39 Å². The molecule has 1 aromatic rings. The number of ether oxygens (including phenoxy) is 1. The molecule has 1 aliphatic rings. The smallest absolute Gasteiger partial charge is 0.238 e. The van der Waals surface area contributed by atoms with E-state index in [4.69, 9.17) is 10.5 Å². The van der Waals surface area contributed by atoms with E-state index in [1.807, 2.05) is 6.92 Å². The van der Waals surface area contributed by atoms with Gasteiger partial charge in [-0.25, -0.2) is 4.39 Å². The van der Waals surface area contributed by atoms with Gasteiger partial charge in [-0.3, -0.25) is 4.79 Å². The third kappa shape index (κ3) is 3.53. The Balaban J connectivity index is 1.93. The first kappa shape index (κ1) is 15.8. The lowest BCUT2D eigenvalue weighted by atomic mass is 9.84. The van der Waals surface area contributed by atoms with E-state index in [1.54, 1.807) is 12.1 Å². The zero-order valence-electron chi connectivity index (χ0n) is 12.4. The maximum absolute atomic E-state index is 13.1. The summed E-state index contributed by atoms with van der Waals surface area (Å²) < 4.78 is 18.7. The number of amides is 1. The van der Waals surface area contributed by atoms with Gasteiger partial charge in [-0.2, -0.15) is 0 Å². The maximum atomic E-state index is 13.1. The van der Waals surface area contributed by atoms with Crippen LogP contribution in [0, 0.1) is 11.7 Å². The Kier molecular flexibility index (Phi) is 5.17. The first-order valence-electron chi connectivity index (χ1n) is 7.52. The second-order valence-electron chi connectivity index (χ2n) is 5.55. The third-order valence-electron chi connectivity index (χ3n) is 4.28. The first-order valence-corrected chi connectivity index (χ1v) is 7.52. The van der Waals surface area contributed by atoms with Crippen LogP contribution < -0.4 is 15.8 Å². The minimum absolute atomic E-state index is 0.170. The molecule has 0 spiro atoms. The Morgan fingerprint density at radius 1 is 1.57 bits per heavy atom. The molecule has 1 amide bonds. The number of rotatable bonds is 7. The molecule has 21 heavy (non-hydrogen) atoms. The molecule has 1 saturated carbocycles. The monoisotopic (exact) mass is 294 g/mol. The predicted octanol–water partition coefficient (Wildman–Crippen LogP) is 2.23. The van der Waals surface area contributed by atoms with Crippen molar-refractivity contribution >= 4 is 5.91 Å². The summed E-state index contributed by atoms with van der Waals surface area (Å²) in [6.07, 6.45) is 3.45. The SMILES string of the molecule is CCNC1(C(N)=O)CCCC1CCOc1cccc(F)c1. The van der Waals surface area contributed by atoms with Crippen LogP contribution >= 0.6 is 0 Å². The van der Waals surface area contributed by atoms with Crippen LogP contribution in [0.3, 0.4) is 0 Å². The van der Waals surface area contributed by atoms with Crippen LogP contribution in [-0.2, 0) is 4.79 Å². The summed E-state index contributed by atoms with van der Waals surface area (Å²) in [5.74, 6) is 0.0923. The predicted molar refractivity (Wildman–Crippen MR) is 79.5 cm³/mol. The molecule has 1 aliphatic carbocycles.